The van der Waals surface area contributed by atoms with Crippen LogP contribution in [0.25, 0.3) is 0 Å². The average molecular weight is 792 g/mol. The van der Waals surface area contributed by atoms with Gasteiger partial charge in [-0.1, -0.05) is 116 Å². The van der Waals surface area contributed by atoms with Crippen molar-refractivity contribution in [3.8, 4) is 0 Å². The van der Waals surface area contributed by atoms with Gasteiger partial charge >= 0.3 is 19.8 Å². The van der Waals surface area contributed by atoms with Gasteiger partial charge in [0.1, 0.15) is 12.4 Å². The van der Waals surface area contributed by atoms with Crippen LogP contribution >= 0.6 is 7.82 Å². The zero-order valence-corrected chi connectivity index (χ0v) is 34.2. The van der Waals surface area contributed by atoms with Gasteiger partial charge in [0.15, 0.2) is 6.10 Å². The highest BCUT2D eigenvalue weighted by molar-refractivity contribution is 7.47. The number of hydrogen-bond acceptors (Lipinski definition) is 12. The minimum absolute atomic E-state index is 0.00217. The number of rotatable bonds is 35. The van der Waals surface area contributed by atoms with Crippen LogP contribution in [0.5, 0.6) is 0 Å². The zero-order chi connectivity index (χ0) is 40.0. The van der Waals surface area contributed by atoms with Gasteiger partial charge in [-0.3, -0.25) is 23.4 Å². The van der Waals surface area contributed by atoms with E-state index in [9.17, 15) is 39.2 Å². The molecule has 1 aliphatic rings. The zero-order valence-electron chi connectivity index (χ0n) is 33.3. The SMILES string of the molecule is CCCCCCCCCCCCCCC(=O)O[C@H](COC(=O)CCCCC(=O)C[C@@H]1[C@@H](/C=C/[C@@H](O)CCCCC)[C@H](O)C[C@@H]1O)COP(=O)(O)OCCN. The van der Waals surface area contributed by atoms with Crippen molar-refractivity contribution < 1.29 is 57.7 Å². The Balaban J connectivity index is 2.45. The minimum atomic E-state index is -4.46. The van der Waals surface area contributed by atoms with Gasteiger partial charge in [0.05, 0.1) is 31.5 Å². The molecule has 0 aromatic heterocycles. The molecule has 1 fully saturated rings. The Morgan fingerprint density at radius 2 is 1.31 bits per heavy atom. The predicted molar refractivity (Wildman–Crippen MR) is 208 cm³/mol. The summed E-state index contributed by atoms with van der Waals surface area (Å²) in [6, 6.07) is 0. The lowest BCUT2D eigenvalue weighted by atomic mass is 9.87. The normalized spacial score (nSPS) is 20.9. The van der Waals surface area contributed by atoms with E-state index in [1.54, 1.807) is 12.2 Å². The van der Waals surface area contributed by atoms with Gasteiger partial charge in [0.25, 0.3) is 0 Å². The third kappa shape index (κ3) is 25.5. The van der Waals surface area contributed by atoms with E-state index in [0.717, 1.165) is 38.5 Å². The molecule has 0 spiro atoms. The minimum Gasteiger partial charge on any atom is -0.462 e. The number of aliphatic hydroxyl groups excluding tert-OH is 3. The van der Waals surface area contributed by atoms with Gasteiger partial charge < -0.3 is 35.4 Å². The lowest BCUT2D eigenvalue weighted by Crippen LogP contribution is -2.29. The summed E-state index contributed by atoms with van der Waals surface area (Å²) < 4.78 is 32.6. The first-order valence-electron chi connectivity index (χ1n) is 20.8. The van der Waals surface area contributed by atoms with E-state index in [4.69, 9.17) is 24.3 Å². The van der Waals surface area contributed by atoms with Crippen LogP contribution in [0.4, 0.5) is 0 Å². The maximum atomic E-state index is 12.8. The van der Waals surface area contributed by atoms with Crippen LogP contribution in [-0.4, -0.2) is 88.7 Å². The van der Waals surface area contributed by atoms with Gasteiger partial charge in [0, 0.05) is 50.5 Å². The summed E-state index contributed by atoms with van der Waals surface area (Å²) >= 11 is 0. The van der Waals surface area contributed by atoms with Gasteiger partial charge in [-0.25, -0.2) is 4.57 Å². The summed E-state index contributed by atoms with van der Waals surface area (Å²) in [4.78, 5) is 47.7. The van der Waals surface area contributed by atoms with Crippen LogP contribution < -0.4 is 5.73 Å². The molecule has 0 aromatic carbocycles. The Hall–Kier alpha value is -1.70. The molecule has 13 nitrogen and oxygen atoms in total. The summed E-state index contributed by atoms with van der Waals surface area (Å²) in [6.07, 6.45) is 18.8. The van der Waals surface area contributed by atoms with Gasteiger partial charge in [-0.15, -0.1) is 0 Å². The summed E-state index contributed by atoms with van der Waals surface area (Å²) in [7, 11) is -4.46. The maximum Gasteiger partial charge on any atom is 0.472 e. The van der Waals surface area contributed by atoms with E-state index < -0.39 is 62.6 Å². The fourth-order valence-corrected chi connectivity index (χ4v) is 7.45. The largest absolute Gasteiger partial charge is 0.472 e. The number of carbonyl (C=O) groups excluding carboxylic acids is 3. The van der Waals surface area contributed by atoms with E-state index >= 15 is 0 Å². The monoisotopic (exact) mass is 791 g/mol. The highest BCUT2D eigenvalue weighted by Gasteiger charge is 2.41. The third-order valence-electron chi connectivity index (χ3n) is 9.88. The fraction of sp³-hybridized carbons (Fsp3) is 0.875. The summed E-state index contributed by atoms with van der Waals surface area (Å²) in [5, 5.41) is 31.2. The molecule has 0 aliphatic heterocycles. The van der Waals surface area contributed by atoms with Crippen molar-refractivity contribution in [2.45, 2.75) is 186 Å². The molecule has 1 saturated carbocycles. The average Bonchev–Trinajstić information content (AvgIpc) is 3.40. The first kappa shape index (κ1) is 50.3. The predicted octanol–water partition coefficient (Wildman–Crippen LogP) is 7.00. The Bertz CT molecular complexity index is 1080. The van der Waals surface area contributed by atoms with Crippen LogP contribution in [-0.2, 0) is 37.5 Å². The van der Waals surface area contributed by atoms with Crippen molar-refractivity contribution in [2.75, 3.05) is 26.4 Å². The quantitative estimate of drug-likeness (QED) is 0.0190. The van der Waals surface area contributed by atoms with Crippen molar-refractivity contribution in [2.24, 2.45) is 17.6 Å². The summed E-state index contributed by atoms with van der Waals surface area (Å²) in [6.45, 7) is 3.19. The molecule has 54 heavy (non-hydrogen) atoms. The molecule has 1 unspecified atom stereocenters. The van der Waals surface area contributed by atoms with E-state index in [1.807, 2.05) is 0 Å². The second-order valence-corrected chi connectivity index (χ2v) is 16.3. The molecular formula is C40H74NO12P. The summed E-state index contributed by atoms with van der Waals surface area (Å²) in [5.41, 5.74) is 5.32. The van der Waals surface area contributed by atoms with Crippen molar-refractivity contribution >= 4 is 25.5 Å². The second-order valence-electron chi connectivity index (χ2n) is 14.8. The first-order valence-corrected chi connectivity index (χ1v) is 22.3. The van der Waals surface area contributed by atoms with Crippen LogP contribution in [0.15, 0.2) is 12.2 Å². The number of phosphoric acid groups is 1. The maximum absolute atomic E-state index is 12.8. The van der Waals surface area contributed by atoms with E-state index in [0.29, 0.717) is 25.7 Å². The Morgan fingerprint density at radius 1 is 0.759 bits per heavy atom. The highest BCUT2D eigenvalue weighted by atomic mass is 31.2. The van der Waals surface area contributed by atoms with Crippen molar-refractivity contribution in [1.82, 2.24) is 0 Å². The number of esters is 2. The fourth-order valence-electron chi connectivity index (χ4n) is 6.69. The Morgan fingerprint density at radius 3 is 1.94 bits per heavy atom. The molecule has 0 aromatic rings. The third-order valence-corrected chi connectivity index (χ3v) is 10.9. The van der Waals surface area contributed by atoms with Crippen molar-refractivity contribution in [3.05, 3.63) is 12.2 Å². The van der Waals surface area contributed by atoms with E-state index in [-0.39, 0.29) is 57.6 Å². The van der Waals surface area contributed by atoms with Gasteiger partial charge in [0.2, 0.25) is 0 Å². The van der Waals surface area contributed by atoms with Crippen molar-refractivity contribution in [3.63, 3.8) is 0 Å². The number of ether oxygens (including phenoxy) is 2. The standard InChI is InChI=1S/C40H74NO12P/c1-3-5-7-8-9-10-11-12-13-14-15-17-23-40(47)53-34(31-52-54(48,49)51-27-26-41)30-50-39(46)22-19-18-21-33(43)28-36-35(37(44)29-38(36)45)25-24-32(42)20-16-6-4-2/h24-25,32,34-38,42,44-45H,3-23,26-31,41H2,1-2H3,(H,48,49)/b25-24+/t32-,34+,35+,36+,37+,38-/m0/s1. The molecule has 1 aliphatic carbocycles. The number of phosphoric ester groups is 1. The van der Waals surface area contributed by atoms with E-state index in [1.165, 1.54) is 51.4 Å². The summed E-state index contributed by atoms with van der Waals surface area (Å²) in [5.74, 6) is -2.09. The molecule has 0 amide bonds. The van der Waals surface area contributed by atoms with Gasteiger partial charge in [-0.05, 0) is 25.7 Å². The Kier molecular flexibility index (Phi) is 29.3. The smallest absolute Gasteiger partial charge is 0.462 e. The number of hydrogen-bond donors (Lipinski definition) is 5. The molecule has 0 heterocycles. The number of carbonyl (C=O) groups is 3. The Labute approximate surface area is 324 Å². The number of nitrogens with two attached hydrogens (primary N) is 1. The topological polar surface area (TPSA) is 212 Å². The van der Waals surface area contributed by atoms with Crippen LogP contribution in [0, 0.1) is 11.8 Å². The molecule has 6 N–H and O–H groups in total. The number of ketones is 1. The molecule has 0 bridgehead atoms. The molecule has 7 atom stereocenters. The van der Waals surface area contributed by atoms with Crippen LogP contribution in [0.2, 0.25) is 0 Å². The number of Topliss-reactive ketones (excluding diaryl/α,β-unsaturated/α-hetero) is 1. The molecule has 1 rings (SSSR count). The molecule has 14 heteroatoms. The highest BCUT2D eigenvalue weighted by Crippen LogP contribution is 2.43. The van der Waals surface area contributed by atoms with Crippen molar-refractivity contribution in [1.29, 1.82) is 0 Å². The molecular weight excluding hydrogens is 717 g/mol. The lowest BCUT2D eigenvalue weighted by Gasteiger charge is -2.20. The van der Waals surface area contributed by atoms with E-state index in [2.05, 4.69) is 13.8 Å². The van der Waals surface area contributed by atoms with Crippen LogP contribution in [0.1, 0.15) is 162 Å². The number of unbranched alkanes of at least 4 members (excludes halogenated alkanes) is 14. The van der Waals surface area contributed by atoms with Gasteiger partial charge in [-0.2, -0.15) is 0 Å². The number of aliphatic hydroxyl groups is 3. The van der Waals surface area contributed by atoms with Crippen LogP contribution in [0.3, 0.4) is 0 Å². The molecule has 0 saturated heterocycles. The lowest BCUT2D eigenvalue weighted by molar-refractivity contribution is -0.161. The first-order chi connectivity index (χ1) is 25.9. The second kappa shape index (κ2) is 31.4. The molecule has 316 valence electrons. The molecule has 0 radical (unpaired) electrons.